The Bertz CT molecular complexity index is 1520. The Kier molecular flexibility index (Phi) is 7.55. The van der Waals surface area contributed by atoms with E-state index in [0.717, 1.165) is 66.9 Å². The van der Waals surface area contributed by atoms with Crippen LogP contribution in [-0.4, -0.2) is 68.3 Å². The maximum absolute atomic E-state index is 13.7. The Hall–Kier alpha value is -3.56. The van der Waals surface area contributed by atoms with Gasteiger partial charge in [0.05, 0.1) is 18.2 Å². The Morgan fingerprint density at radius 2 is 1.79 bits per heavy atom. The third kappa shape index (κ3) is 5.33. The molecule has 0 aliphatic carbocycles. The van der Waals surface area contributed by atoms with Crippen molar-refractivity contribution in [1.82, 2.24) is 35.0 Å². The minimum absolute atomic E-state index is 0.0936. The van der Waals surface area contributed by atoms with E-state index < -0.39 is 0 Å². The van der Waals surface area contributed by atoms with E-state index in [-0.39, 0.29) is 17.1 Å². The van der Waals surface area contributed by atoms with Gasteiger partial charge in [-0.15, -0.1) is 5.10 Å². The van der Waals surface area contributed by atoms with Crippen molar-refractivity contribution >= 4 is 10.9 Å². The minimum Gasteiger partial charge on any atom is -0.497 e. The van der Waals surface area contributed by atoms with E-state index in [1.807, 2.05) is 23.7 Å². The van der Waals surface area contributed by atoms with Crippen LogP contribution < -0.4 is 10.3 Å². The van der Waals surface area contributed by atoms with Crippen LogP contribution in [0.2, 0.25) is 0 Å². The number of rotatable bonds is 8. The molecule has 9 heteroatoms. The van der Waals surface area contributed by atoms with Crippen LogP contribution in [0.25, 0.3) is 10.9 Å². The second-order valence-electron chi connectivity index (χ2n) is 11.2. The molecular formula is C30H39N7O2. The summed E-state index contributed by atoms with van der Waals surface area (Å²) >= 11 is 0. The van der Waals surface area contributed by atoms with E-state index in [1.54, 1.807) is 7.11 Å². The van der Waals surface area contributed by atoms with Gasteiger partial charge in [-0.05, 0) is 79.4 Å². The number of aromatic nitrogens is 5. The molecule has 1 fully saturated rings. The number of hydrogen-bond donors (Lipinski definition) is 1. The fourth-order valence-electron chi connectivity index (χ4n) is 5.45. The number of ether oxygens (including phenoxy) is 1. The predicted octanol–water partition coefficient (Wildman–Crippen LogP) is 4.19. The third-order valence-corrected chi connectivity index (χ3v) is 8.26. The van der Waals surface area contributed by atoms with Crippen LogP contribution in [0.15, 0.2) is 47.3 Å². The van der Waals surface area contributed by atoms with Crippen molar-refractivity contribution in [3.8, 4) is 5.75 Å². The van der Waals surface area contributed by atoms with E-state index in [9.17, 15) is 4.79 Å². The van der Waals surface area contributed by atoms with Crippen LogP contribution in [0.1, 0.15) is 61.3 Å². The molecule has 5 rings (SSSR count). The van der Waals surface area contributed by atoms with Crippen molar-refractivity contribution in [1.29, 1.82) is 0 Å². The Balaban J connectivity index is 1.52. The van der Waals surface area contributed by atoms with Crippen LogP contribution in [0, 0.1) is 13.8 Å². The SMILES string of the molecule is CCC(C)(C)n1nnnc1[C@@H](c1cc2c(C)ccc(C)c2[nH]c1=O)N1CCN(Cc2cccc(OC)c2)CC1. The first-order valence-corrected chi connectivity index (χ1v) is 13.7. The molecule has 1 N–H and O–H groups in total. The molecular weight excluding hydrogens is 490 g/mol. The number of methoxy groups -OCH3 is 1. The Labute approximate surface area is 229 Å². The van der Waals surface area contributed by atoms with E-state index in [2.05, 4.69) is 88.3 Å². The van der Waals surface area contributed by atoms with Crippen LogP contribution >= 0.6 is 0 Å². The van der Waals surface area contributed by atoms with Gasteiger partial charge >= 0.3 is 0 Å². The number of benzene rings is 2. The highest BCUT2D eigenvalue weighted by atomic mass is 16.5. The van der Waals surface area contributed by atoms with Gasteiger partial charge in [0.2, 0.25) is 0 Å². The van der Waals surface area contributed by atoms with E-state index in [0.29, 0.717) is 11.4 Å². The van der Waals surface area contributed by atoms with E-state index in [4.69, 9.17) is 4.74 Å². The zero-order chi connectivity index (χ0) is 27.7. The van der Waals surface area contributed by atoms with Crippen LogP contribution in [-0.2, 0) is 12.1 Å². The standard InChI is InChI=1S/C30H39N7O2/c1-7-30(4,5)37-28(32-33-34-37)27(25-18-24-20(2)11-12-21(3)26(24)31-29(25)38)36-15-13-35(14-16-36)19-22-9-8-10-23(17-22)39-6/h8-12,17-18,27H,7,13-16,19H2,1-6H3,(H,31,38)/t27-/m1/s1. The summed E-state index contributed by atoms with van der Waals surface area (Å²) in [6.07, 6.45) is 0.860. The minimum atomic E-state index is -0.363. The number of fused-ring (bicyclic) bond motifs is 1. The van der Waals surface area contributed by atoms with Crippen molar-refractivity contribution in [2.24, 2.45) is 0 Å². The summed E-state index contributed by atoms with van der Waals surface area (Å²) in [6.45, 7) is 14.7. The molecule has 0 unspecified atom stereocenters. The molecule has 0 radical (unpaired) electrons. The molecule has 3 heterocycles. The average Bonchev–Trinajstić information content (AvgIpc) is 3.43. The summed E-state index contributed by atoms with van der Waals surface area (Å²) in [5, 5.41) is 14.1. The van der Waals surface area contributed by atoms with Crippen molar-refractivity contribution in [3.63, 3.8) is 0 Å². The molecule has 0 amide bonds. The smallest absolute Gasteiger partial charge is 0.253 e. The number of pyridine rings is 1. The first-order chi connectivity index (χ1) is 18.7. The number of hydrogen-bond acceptors (Lipinski definition) is 7. The lowest BCUT2D eigenvalue weighted by molar-refractivity contribution is 0.0968. The lowest BCUT2D eigenvalue weighted by Gasteiger charge is -2.39. The summed E-state index contributed by atoms with van der Waals surface area (Å²) in [5.74, 6) is 1.58. The second kappa shape index (κ2) is 10.9. The Morgan fingerprint density at radius 3 is 2.51 bits per heavy atom. The number of aryl methyl sites for hydroxylation is 2. The van der Waals surface area contributed by atoms with Crippen LogP contribution in [0.5, 0.6) is 5.75 Å². The van der Waals surface area contributed by atoms with Crippen molar-refractivity contribution < 1.29 is 4.74 Å². The van der Waals surface area contributed by atoms with Gasteiger partial charge in [-0.1, -0.05) is 31.2 Å². The van der Waals surface area contributed by atoms with Gasteiger partial charge < -0.3 is 9.72 Å². The normalized spacial score (nSPS) is 16.1. The third-order valence-electron chi connectivity index (χ3n) is 8.26. The first-order valence-electron chi connectivity index (χ1n) is 13.7. The van der Waals surface area contributed by atoms with Crippen molar-refractivity contribution in [2.75, 3.05) is 33.3 Å². The van der Waals surface area contributed by atoms with E-state index >= 15 is 0 Å². The van der Waals surface area contributed by atoms with Gasteiger partial charge in [0.25, 0.3) is 5.56 Å². The van der Waals surface area contributed by atoms with Crippen molar-refractivity contribution in [2.45, 2.75) is 59.2 Å². The van der Waals surface area contributed by atoms with Gasteiger partial charge in [0.1, 0.15) is 11.8 Å². The molecule has 0 spiro atoms. The number of H-pyrrole nitrogens is 1. The fourth-order valence-corrected chi connectivity index (χ4v) is 5.45. The maximum atomic E-state index is 13.7. The highest BCUT2D eigenvalue weighted by Crippen LogP contribution is 2.32. The molecule has 0 bridgehead atoms. The molecule has 2 aromatic carbocycles. The summed E-state index contributed by atoms with van der Waals surface area (Å²) in [6, 6.07) is 14.1. The number of nitrogens with zero attached hydrogens (tertiary/aromatic N) is 6. The maximum Gasteiger partial charge on any atom is 0.253 e. The summed E-state index contributed by atoms with van der Waals surface area (Å²) in [4.78, 5) is 21.7. The molecule has 1 atom stereocenters. The molecule has 206 valence electrons. The number of aromatic amines is 1. The zero-order valence-electron chi connectivity index (χ0n) is 23.9. The van der Waals surface area contributed by atoms with Crippen molar-refractivity contribution in [3.05, 3.63) is 80.9 Å². The second-order valence-corrected chi connectivity index (χ2v) is 11.2. The van der Waals surface area contributed by atoms with Gasteiger partial charge in [-0.25, -0.2) is 4.68 Å². The van der Waals surface area contributed by atoms with Crippen LogP contribution in [0.3, 0.4) is 0 Å². The average molecular weight is 530 g/mol. The summed E-state index contributed by atoms with van der Waals surface area (Å²) in [5.41, 5.74) is 4.59. The molecule has 1 aliphatic rings. The fraction of sp³-hybridized carbons (Fsp3) is 0.467. The lowest BCUT2D eigenvalue weighted by atomic mass is 9.97. The monoisotopic (exact) mass is 529 g/mol. The summed E-state index contributed by atoms with van der Waals surface area (Å²) < 4.78 is 7.32. The summed E-state index contributed by atoms with van der Waals surface area (Å²) in [7, 11) is 1.70. The van der Waals surface area contributed by atoms with Crippen LogP contribution in [0.4, 0.5) is 0 Å². The number of tetrazole rings is 1. The first kappa shape index (κ1) is 27.0. The number of piperazine rings is 1. The molecule has 1 aliphatic heterocycles. The largest absolute Gasteiger partial charge is 0.497 e. The quantitative estimate of drug-likeness (QED) is 0.366. The molecule has 1 saturated heterocycles. The topological polar surface area (TPSA) is 92.2 Å². The highest BCUT2D eigenvalue weighted by molar-refractivity contribution is 5.85. The number of nitrogens with one attached hydrogen (secondary N) is 1. The Morgan fingerprint density at radius 1 is 1.05 bits per heavy atom. The molecule has 4 aromatic rings. The highest BCUT2D eigenvalue weighted by Gasteiger charge is 2.35. The van der Waals surface area contributed by atoms with Gasteiger partial charge in [-0.3, -0.25) is 14.6 Å². The van der Waals surface area contributed by atoms with Gasteiger partial charge in [-0.2, -0.15) is 0 Å². The predicted molar refractivity (Wildman–Crippen MR) is 153 cm³/mol. The van der Waals surface area contributed by atoms with Gasteiger partial charge in [0.15, 0.2) is 5.82 Å². The lowest BCUT2D eigenvalue weighted by Crippen LogP contribution is -2.49. The van der Waals surface area contributed by atoms with Gasteiger partial charge in [0, 0.05) is 43.7 Å². The molecule has 39 heavy (non-hydrogen) atoms. The van der Waals surface area contributed by atoms with E-state index in [1.165, 1.54) is 5.56 Å². The molecule has 9 nitrogen and oxygen atoms in total. The zero-order valence-corrected chi connectivity index (χ0v) is 23.9. The molecule has 2 aromatic heterocycles. The molecule has 0 saturated carbocycles.